The lowest BCUT2D eigenvalue weighted by molar-refractivity contribution is 0.0697. The topological polar surface area (TPSA) is 78.9 Å². The van der Waals surface area contributed by atoms with Gasteiger partial charge in [-0.25, -0.2) is 9.59 Å². The van der Waals surface area contributed by atoms with Gasteiger partial charge in [-0.2, -0.15) is 0 Å². The van der Waals surface area contributed by atoms with Crippen molar-refractivity contribution in [1.29, 1.82) is 0 Å². The molecule has 0 saturated heterocycles. The third kappa shape index (κ3) is 4.59. The Morgan fingerprint density at radius 1 is 1.32 bits per heavy atom. The summed E-state index contributed by atoms with van der Waals surface area (Å²) < 4.78 is 4.93. The number of hydrogen-bond donors (Lipinski definition) is 2. The summed E-state index contributed by atoms with van der Waals surface area (Å²) >= 11 is 0. The van der Waals surface area contributed by atoms with Gasteiger partial charge in [-0.15, -0.1) is 0 Å². The van der Waals surface area contributed by atoms with Gasteiger partial charge in [0.2, 0.25) is 0 Å². The van der Waals surface area contributed by atoms with Crippen molar-refractivity contribution in [3.8, 4) is 0 Å². The molecule has 0 aliphatic heterocycles. The first-order chi connectivity index (χ1) is 9.08. The first-order valence-corrected chi connectivity index (χ1v) is 5.96. The standard InChI is InChI=1S/C13H18N2O4/c1-3-15(8-9-19-2)13(18)14-11-6-4-10(5-7-11)12(16)17/h4-7H,3,8-9H2,1-2H3,(H,14,18)(H,16,17). The summed E-state index contributed by atoms with van der Waals surface area (Å²) in [5.74, 6) is -0.992. The maximum atomic E-state index is 11.9. The van der Waals surface area contributed by atoms with Gasteiger partial charge in [-0.3, -0.25) is 0 Å². The minimum absolute atomic E-state index is 0.185. The zero-order valence-electron chi connectivity index (χ0n) is 11.0. The minimum atomic E-state index is -0.992. The van der Waals surface area contributed by atoms with Crippen LogP contribution in [0.3, 0.4) is 0 Å². The fourth-order valence-corrected chi connectivity index (χ4v) is 1.50. The first kappa shape index (κ1) is 15.0. The lowest BCUT2D eigenvalue weighted by atomic mass is 10.2. The first-order valence-electron chi connectivity index (χ1n) is 5.96. The number of carboxylic acids is 1. The van der Waals surface area contributed by atoms with E-state index in [4.69, 9.17) is 9.84 Å². The number of anilines is 1. The van der Waals surface area contributed by atoms with Crippen LogP contribution in [-0.4, -0.2) is 48.8 Å². The molecule has 0 bridgehead atoms. The molecule has 6 heteroatoms. The molecule has 0 radical (unpaired) electrons. The Hall–Kier alpha value is -2.08. The third-order valence-electron chi connectivity index (χ3n) is 2.62. The molecule has 0 aliphatic rings. The van der Waals surface area contributed by atoms with E-state index >= 15 is 0 Å². The number of nitrogens with one attached hydrogen (secondary N) is 1. The summed E-state index contributed by atoms with van der Waals surface area (Å²) in [5.41, 5.74) is 0.746. The smallest absolute Gasteiger partial charge is 0.335 e. The van der Waals surface area contributed by atoms with E-state index in [1.807, 2.05) is 6.92 Å². The van der Waals surface area contributed by atoms with Crippen LogP contribution in [0.4, 0.5) is 10.5 Å². The van der Waals surface area contributed by atoms with Crippen molar-refractivity contribution in [3.05, 3.63) is 29.8 Å². The van der Waals surface area contributed by atoms with E-state index in [9.17, 15) is 9.59 Å². The van der Waals surface area contributed by atoms with Crippen molar-refractivity contribution >= 4 is 17.7 Å². The summed E-state index contributed by atoms with van der Waals surface area (Å²) in [7, 11) is 1.58. The minimum Gasteiger partial charge on any atom is -0.478 e. The number of methoxy groups -OCH3 is 1. The zero-order chi connectivity index (χ0) is 14.3. The molecular formula is C13H18N2O4. The molecule has 0 saturated carbocycles. The molecule has 0 aliphatic carbocycles. The SMILES string of the molecule is CCN(CCOC)C(=O)Nc1ccc(C(=O)O)cc1. The third-order valence-corrected chi connectivity index (χ3v) is 2.62. The molecule has 2 N–H and O–H groups in total. The number of hydrogen-bond acceptors (Lipinski definition) is 3. The van der Waals surface area contributed by atoms with Crippen LogP contribution >= 0.6 is 0 Å². The second kappa shape index (κ2) is 7.38. The molecule has 0 atom stereocenters. The molecular weight excluding hydrogens is 248 g/mol. The number of carbonyl (C=O) groups is 2. The molecule has 1 aromatic rings. The Morgan fingerprint density at radius 2 is 1.95 bits per heavy atom. The molecule has 0 aromatic heterocycles. The van der Waals surface area contributed by atoms with Crippen LogP contribution in [0.1, 0.15) is 17.3 Å². The van der Waals surface area contributed by atoms with Crippen molar-refractivity contribution in [2.75, 3.05) is 32.1 Å². The fraction of sp³-hybridized carbons (Fsp3) is 0.385. The number of carboxylic acid groups (broad SMARTS) is 1. The average Bonchev–Trinajstić information content (AvgIpc) is 2.40. The van der Waals surface area contributed by atoms with Crippen LogP contribution in [0, 0.1) is 0 Å². The molecule has 0 fully saturated rings. The highest BCUT2D eigenvalue weighted by Crippen LogP contribution is 2.10. The Labute approximate surface area is 112 Å². The van der Waals surface area contributed by atoms with Gasteiger partial charge in [0.1, 0.15) is 0 Å². The Bertz CT molecular complexity index is 431. The number of urea groups is 1. The van der Waals surface area contributed by atoms with Gasteiger partial charge in [0.25, 0.3) is 0 Å². The van der Waals surface area contributed by atoms with E-state index in [-0.39, 0.29) is 11.6 Å². The maximum Gasteiger partial charge on any atom is 0.335 e. The van der Waals surface area contributed by atoms with Gasteiger partial charge in [0.05, 0.1) is 12.2 Å². The number of nitrogens with zero attached hydrogens (tertiary/aromatic N) is 1. The van der Waals surface area contributed by atoms with Gasteiger partial charge in [-0.1, -0.05) is 0 Å². The highest BCUT2D eigenvalue weighted by Gasteiger charge is 2.11. The van der Waals surface area contributed by atoms with Crippen molar-refractivity contribution in [1.82, 2.24) is 4.90 Å². The number of rotatable bonds is 6. The normalized spacial score (nSPS) is 10.0. The van der Waals surface area contributed by atoms with Gasteiger partial charge < -0.3 is 20.1 Å². The maximum absolute atomic E-state index is 11.9. The van der Waals surface area contributed by atoms with E-state index in [0.717, 1.165) is 0 Å². The number of carbonyl (C=O) groups excluding carboxylic acids is 1. The summed E-state index contributed by atoms with van der Waals surface area (Å²) in [5, 5.41) is 11.5. The Kier molecular flexibility index (Phi) is 5.81. The molecule has 2 amide bonds. The quantitative estimate of drug-likeness (QED) is 0.824. The summed E-state index contributed by atoms with van der Waals surface area (Å²) in [4.78, 5) is 24.2. The second-order valence-electron chi connectivity index (χ2n) is 3.89. The average molecular weight is 266 g/mol. The van der Waals surface area contributed by atoms with Crippen molar-refractivity contribution in [2.24, 2.45) is 0 Å². The monoisotopic (exact) mass is 266 g/mol. The number of aromatic carboxylic acids is 1. The molecule has 104 valence electrons. The van der Waals surface area contributed by atoms with Crippen LogP contribution in [-0.2, 0) is 4.74 Å². The summed E-state index contributed by atoms with van der Waals surface area (Å²) in [6.45, 7) is 3.43. The van der Waals surface area contributed by atoms with Gasteiger partial charge in [0.15, 0.2) is 0 Å². The predicted molar refractivity (Wildman–Crippen MR) is 71.5 cm³/mol. The largest absolute Gasteiger partial charge is 0.478 e. The highest BCUT2D eigenvalue weighted by atomic mass is 16.5. The highest BCUT2D eigenvalue weighted by molar-refractivity contribution is 5.91. The van der Waals surface area contributed by atoms with Crippen LogP contribution in [0.15, 0.2) is 24.3 Å². The fourth-order valence-electron chi connectivity index (χ4n) is 1.50. The van der Waals surface area contributed by atoms with E-state index in [2.05, 4.69) is 5.32 Å². The molecule has 0 spiro atoms. The van der Waals surface area contributed by atoms with Crippen molar-refractivity contribution < 1.29 is 19.4 Å². The van der Waals surface area contributed by atoms with Gasteiger partial charge in [-0.05, 0) is 31.2 Å². The number of benzene rings is 1. The summed E-state index contributed by atoms with van der Waals surface area (Å²) in [6.07, 6.45) is 0. The zero-order valence-corrected chi connectivity index (χ0v) is 11.0. The molecule has 19 heavy (non-hydrogen) atoms. The van der Waals surface area contributed by atoms with Crippen LogP contribution in [0.25, 0.3) is 0 Å². The van der Waals surface area contributed by atoms with Crippen LogP contribution < -0.4 is 5.32 Å². The van der Waals surface area contributed by atoms with Crippen molar-refractivity contribution in [3.63, 3.8) is 0 Å². The van der Waals surface area contributed by atoms with Crippen molar-refractivity contribution in [2.45, 2.75) is 6.92 Å². The lowest BCUT2D eigenvalue weighted by Crippen LogP contribution is -2.37. The van der Waals surface area contributed by atoms with E-state index in [0.29, 0.717) is 25.4 Å². The number of likely N-dealkylation sites (N-methyl/N-ethyl adjacent to an activating group) is 1. The van der Waals surface area contributed by atoms with E-state index in [1.165, 1.54) is 12.1 Å². The number of ether oxygens (including phenoxy) is 1. The molecule has 6 nitrogen and oxygen atoms in total. The predicted octanol–water partition coefficient (Wildman–Crippen LogP) is 1.89. The van der Waals surface area contributed by atoms with Gasteiger partial charge in [0, 0.05) is 25.9 Å². The van der Waals surface area contributed by atoms with Crippen LogP contribution in [0.5, 0.6) is 0 Å². The van der Waals surface area contributed by atoms with E-state index < -0.39 is 5.97 Å². The Balaban J connectivity index is 2.62. The van der Waals surface area contributed by atoms with Crippen LogP contribution in [0.2, 0.25) is 0 Å². The second-order valence-corrected chi connectivity index (χ2v) is 3.89. The Morgan fingerprint density at radius 3 is 2.42 bits per heavy atom. The van der Waals surface area contributed by atoms with Gasteiger partial charge >= 0.3 is 12.0 Å². The molecule has 0 heterocycles. The molecule has 1 aromatic carbocycles. The summed E-state index contributed by atoms with van der Waals surface area (Å²) in [6, 6.07) is 5.78. The van der Waals surface area contributed by atoms with E-state index in [1.54, 1.807) is 24.1 Å². The number of amides is 2. The molecule has 1 rings (SSSR count). The lowest BCUT2D eigenvalue weighted by Gasteiger charge is -2.20. The molecule has 0 unspecified atom stereocenters.